The van der Waals surface area contributed by atoms with E-state index < -0.39 is 0 Å². The van der Waals surface area contributed by atoms with Gasteiger partial charge in [0.1, 0.15) is 0 Å². The van der Waals surface area contributed by atoms with Crippen molar-refractivity contribution in [2.24, 2.45) is 23.7 Å². The summed E-state index contributed by atoms with van der Waals surface area (Å²) in [6.07, 6.45) is 9.29. The maximum atomic E-state index is 4.02. The van der Waals surface area contributed by atoms with Crippen molar-refractivity contribution in [1.29, 1.82) is 0 Å². The monoisotopic (exact) mass is 194 g/mol. The van der Waals surface area contributed by atoms with Crippen molar-refractivity contribution < 1.29 is 0 Å². The summed E-state index contributed by atoms with van der Waals surface area (Å²) in [7, 11) is 0. The van der Waals surface area contributed by atoms with Gasteiger partial charge in [0, 0.05) is 0 Å². The van der Waals surface area contributed by atoms with Crippen LogP contribution in [0.5, 0.6) is 0 Å². The summed E-state index contributed by atoms with van der Waals surface area (Å²) in [5.74, 6) is 3.38. The second-order valence-corrected chi connectivity index (χ2v) is 5.43. The average Bonchev–Trinajstić information content (AvgIpc) is 2.10. The molecule has 0 amide bonds. The van der Waals surface area contributed by atoms with Gasteiger partial charge in [-0.2, -0.15) is 0 Å². The summed E-state index contributed by atoms with van der Waals surface area (Å²) in [4.78, 5) is 0. The van der Waals surface area contributed by atoms with Crippen molar-refractivity contribution in [3.8, 4) is 0 Å². The summed E-state index contributed by atoms with van der Waals surface area (Å²) in [5, 5.41) is 0. The van der Waals surface area contributed by atoms with E-state index >= 15 is 0 Å². The van der Waals surface area contributed by atoms with E-state index in [2.05, 4.69) is 33.4 Å². The molecule has 3 unspecified atom stereocenters. The first-order chi connectivity index (χ1) is 6.65. The Morgan fingerprint density at radius 2 is 1.86 bits per heavy atom. The van der Waals surface area contributed by atoms with Gasteiger partial charge in [0.15, 0.2) is 0 Å². The van der Waals surface area contributed by atoms with Crippen molar-refractivity contribution in [3.63, 3.8) is 0 Å². The molecule has 0 radical (unpaired) electrons. The number of allylic oxidation sites excluding steroid dienone is 1. The maximum Gasteiger partial charge on any atom is -0.0203 e. The molecule has 0 aromatic rings. The van der Waals surface area contributed by atoms with E-state index in [1.54, 1.807) is 0 Å². The quantitative estimate of drug-likeness (QED) is 0.561. The Hall–Kier alpha value is -0.260. The van der Waals surface area contributed by atoms with Gasteiger partial charge in [0.25, 0.3) is 0 Å². The van der Waals surface area contributed by atoms with Gasteiger partial charge < -0.3 is 0 Å². The first-order valence-corrected chi connectivity index (χ1v) is 6.27. The highest BCUT2D eigenvalue weighted by Gasteiger charge is 2.25. The number of hydrogen-bond donors (Lipinski definition) is 0. The normalized spacial score (nSPS) is 35.0. The lowest BCUT2D eigenvalue weighted by Gasteiger charge is -2.32. The zero-order valence-corrected chi connectivity index (χ0v) is 10.1. The van der Waals surface area contributed by atoms with Crippen LogP contribution >= 0.6 is 0 Å². The highest BCUT2D eigenvalue weighted by molar-refractivity contribution is 4.88. The van der Waals surface area contributed by atoms with E-state index in [9.17, 15) is 0 Å². The standard InChI is InChI=1S/C14H26/c1-5-13-10-12(4)8-6-7-9-14(13)11(2)3/h5,11-14H,1,6-10H2,2-4H3. The van der Waals surface area contributed by atoms with Crippen LogP contribution in [0.1, 0.15) is 52.9 Å². The van der Waals surface area contributed by atoms with E-state index in [-0.39, 0.29) is 0 Å². The largest absolute Gasteiger partial charge is 0.103 e. The molecular formula is C14H26. The molecule has 0 aromatic carbocycles. The van der Waals surface area contributed by atoms with Crippen molar-refractivity contribution in [2.45, 2.75) is 52.9 Å². The number of rotatable bonds is 2. The Morgan fingerprint density at radius 1 is 1.21 bits per heavy atom. The molecule has 0 heteroatoms. The summed E-state index contributed by atoms with van der Waals surface area (Å²) < 4.78 is 0. The molecule has 0 aliphatic heterocycles. The van der Waals surface area contributed by atoms with E-state index in [0.29, 0.717) is 0 Å². The van der Waals surface area contributed by atoms with Crippen molar-refractivity contribution in [1.82, 2.24) is 0 Å². The lowest BCUT2D eigenvalue weighted by molar-refractivity contribution is 0.212. The van der Waals surface area contributed by atoms with E-state index in [1.165, 1.54) is 32.1 Å². The van der Waals surface area contributed by atoms with Crippen LogP contribution in [0.4, 0.5) is 0 Å². The molecule has 1 rings (SSSR count). The smallest absolute Gasteiger partial charge is 0.0203 e. The third kappa shape index (κ3) is 3.15. The van der Waals surface area contributed by atoms with Crippen LogP contribution in [0.3, 0.4) is 0 Å². The Balaban J connectivity index is 2.63. The predicted octanol–water partition coefficient (Wildman–Crippen LogP) is 4.66. The van der Waals surface area contributed by atoms with E-state index in [4.69, 9.17) is 0 Å². The van der Waals surface area contributed by atoms with Crippen molar-refractivity contribution in [2.75, 3.05) is 0 Å². The molecule has 1 saturated carbocycles. The summed E-state index contributed by atoms with van der Waals surface area (Å²) in [5.41, 5.74) is 0. The summed E-state index contributed by atoms with van der Waals surface area (Å²) >= 11 is 0. The molecule has 0 saturated heterocycles. The van der Waals surface area contributed by atoms with Crippen molar-refractivity contribution >= 4 is 0 Å². The van der Waals surface area contributed by atoms with Gasteiger partial charge in [-0.1, -0.05) is 46.1 Å². The minimum absolute atomic E-state index is 0.769. The lowest BCUT2D eigenvalue weighted by atomic mass is 9.73. The first kappa shape index (κ1) is 11.8. The van der Waals surface area contributed by atoms with E-state index in [0.717, 1.165) is 23.7 Å². The highest BCUT2D eigenvalue weighted by atomic mass is 14.3. The molecule has 1 aliphatic rings. The summed E-state index contributed by atoms with van der Waals surface area (Å²) in [6.45, 7) is 11.2. The van der Waals surface area contributed by atoms with Crippen LogP contribution in [0, 0.1) is 23.7 Å². The van der Waals surface area contributed by atoms with Gasteiger partial charge in [0.2, 0.25) is 0 Å². The van der Waals surface area contributed by atoms with E-state index in [1.807, 2.05) is 0 Å². The SMILES string of the molecule is C=CC1CC(C)CCCCC1C(C)C. The fraction of sp³-hybridized carbons (Fsp3) is 0.857. The molecular weight excluding hydrogens is 168 g/mol. The summed E-state index contributed by atoms with van der Waals surface area (Å²) in [6, 6.07) is 0. The molecule has 0 spiro atoms. The third-order valence-corrected chi connectivity index (χ3v) is 3.87. The fourth-order valence-corrected chi connectivity index (χ4v) is 2.94. The van der Waals surface area contributed by atoms with Crippen LogP contribution in [-0.4, -0.2) is 0 Å². The Kier molecular flexibility index (Phi) is 4.71. The number of hydrogen-bond acceptors (Lipinski definition) is 0. The predicted molar refractivity (Wildman–Crippen MR) is 64.3 cm³/mol. The Bertz CT molecular complexity index is 169. The molecule has 0 heterocycles. The van der Waals surface area contributed by atoms with Gasteiger partial charge in [-0.3, -0.25) is 0 Å². The zero-order valence-electron chi connectivity index (χ0n) is 10.1. The van der Waals surface area contributed by atoms with Crippen molar-refractivity contribution in [3.05, 3.63) is 12.7 Å². The molecule has 1 aliphatic carbocycles. The van der Waals surface area contributed by atoms with Crippen LogP contribution in [0.25, 0.3) is 0 Å². The van der Waals surface area contributed by atoms with Gasteiger partial charge in [-0.15, -0.1) is 6.58 Å². The highest BCUT2D eigenvalue weighted by Crippen LogP contribution is 2.35. The Morgan fingerprint density at radius 3 is 2.43 bits per heavy atom. The minimum Gasteiger partial charge on any atom is -0.103 e. The van der Waals surface area contributed by atoms with Gasteiger partial charge in [-0.05, 0) is 36.5 Å². The molecule has 0 aromatic heterocycles. The molecule has 0 N–H and O–H groups in total. The second kappa shape index (κ2) is 5.58. The van der Waals surface area contributed by atoms with Crippen LogP contribution in [0.2, 0.25) is 0 Å². The third-order valence-electron chi connectivity index (χ3n) is 3.87. The van der Waals surface area contributed by atoms with Gasteiger partial charge >= 0.3 is 0 Å². The second-order valence-electron chi connectivity index (χ2n) is 5.43. The zero-order chi connectivity index (χ0) is 10.6. The fourth-order valence-electron chi connectivity index (χ4n) is 2.94. The topological polar surface area (TPSA) is 0 Å². The molecule has 0 bridgehead atoms. The van der Waals surface area contributed by atoms with Crippen LogP contribution in [0.15, 0.2) is 12.7 Å². The van der Waals surface area contributed by atoms with Gasteiger partial charge in [0.05, 0.1) is 0 Å². The average molecular weight is 194 g/mol. The first-order valence-electron chi connectivity index (χ1n) is 6.27. The molecule has 82 valence electrons. The Labute approximate surface area is 89.8 Å². The van der Waals surface area contributed by atoms with Gasteiger partial charge in [-0.25, -0.2) is 0 Å². The minimum atomic E-state index is 0.769. The lowest BCUT2D eigenvalue weighted by Crippen LogP contribution is -2.22. The van der Waals surface area contributed by atoms with Crippen LogP contribution in [-0.2, 0) is 0 Å². The molecule has 14 heavy (non-hydrogen) atoms. The maximum absolute atomic E-state index is 4.02. The molecule has 1 fully saturated rings. The molecule has 0 nitrogen and oxygen atoms in total. The molecule has 3 atom stereocenters. The van der Waals surface area contributed by atoms with Crippen LogP contribution < -0.4 is 0 Å².